The fourth-order valence-corrected chi connectivity index (χ4v) is 8.08. The third kappa shape index (κ3) is 6.64. The smallest absolute Gasteiger partial charge is 0.335 e. The van der Waals surface area contributed by atoms with Gasteiger partial charge in [-0.2, -0.15) is 0 Å². The quantitative estimate of drug-likeness (QED) is 0.121. The van der Waals surface area contributed by atoms with Gasteiger partial charge in [-0.3, -0.25) is 14.9 Å². The maximum atomic E-state index is 14.4. The zero-order chi connectivity index (χ0) is 37.3. The van der Waals surface area contributed by atoms with Crippen LogP contribution in [0.25, 0.3) is 6.08 Å². The zero-order valence-electron chi connectivity index (χ0n) is 30.8. The lowest BCUT2D eigenvalue weighted by Gasteiger charge is -2.44. The van der Waals surface area contributed by atoms with Crippen molar-refractivity contribution in [3.63, 3.8) is 0 Å². The first-order chi connectivity index (χ1) is 26.3. The van der Waals surface area contributed by atoms with Gasteiger partial charge in [0.15, 0.2) is 11.5 Å². The van der Waals surface area contributed by atoms with Gasteiger partial charge in [0.25, 0.3) is 11.8 Å². The lowest BCUT2D eigenvalue weighted by atomic mass is 9.76. The molecule has 5 aromatic rings. The number of imide groups is 2. The van der Waals surface area contributed by atoms with Crippen LogP contribution in [0.1, 0.15) is 76.1 Å². The number of urea groups is 1. The molecular weight excluding hydrogens is 675 g/mol. The first-order valence-electron chi connectivity index (χ1n) is 18.7. The molecule has 0 aromatic heterocycles. The van der Waals surface area contributed by atoms with E-state index in [1.165, 1.54) is 34.0 Å². The van der Waals surface area contributed by atoms with Gasteiger partial charge < -0.3 is 14.4 Å². The first-order valence-corrected chi connectivity index (χ1v) is 18.7. The number of carbonyl (C=O) groups is 3. The minimum absolute atomic E-state index is 0.0815. The van der Waals surface area contributed by atoms with Crippen LogP contribution >= 0.6 is 0 Å². The van der Waals surface area contributed by atoms with Gasteiger partial charge in [0.1, 0.15) is 12.2 Å². The lowest BCUT2D eigenvalue weighted by molar-refractivity contribution is -0.122. The van der Waals surface area contributed by atoms with Crippen molar-refractivity contribution in [2.75, 3.05) is 29.5 Å². The Kier molecular flexibility index (Phi) is 9.50. The summed E-state index contributed by atoms with van der Waals surface area (Å²) < 4.78 is 12.1. The molecular formula is C46H43N3O5. The summed E-state index contributed by atoms with van der Waals surface area (Å²) in [6.45, 7) is 8.63. The van der Waals surface area contributed by atoms with Gasteiger partial charge in [0.2, 0.25) is 0 Å². The van der Waals surface area contributed by atoms with Crippen LogP contribution in [-0.4, -0.2) is 37.5 Å². The van der Waals surface area contributed by atoms with Crippen LogP contribution in [0.4, 0.5) is 16.2 Å². The Morgan fingerprint density at radius 1 is 0.722 bits per heavy atom. The Bertz CT molecular complexity index is 2210. The van der Waals surface area contributed by atoms with Gasteiger partial charge in [-0.25, -0.2) is 9.69 Å². The highest BCUT2D eigenvalue weighted by molar-refractivity contribution is 6.39. The SMILES string of the molecule is CCOc1cc(/C=C2\C(=O)NC(=O)N(c3cc4c5c(c3)[C@H](c3ccccc3)CCN5CC[C@@H]4c3ccccc3)C2=O)ccc1OCc1ccc(C)c(C)c1. The largest absolute Gasteiger partial charge is 0.490 e. The van der Waals surface area contributed by atoms with Crippen molar-refractivity contribution in [1.29, 1.82) is 0 Å². The molecule has 1 saturated heterocycles. The Morgan fingerprint density at radius 2 is 1.37 bits per heavy atom. The number of anilines is 2. The van der Waals surface area contributed by atoms with Crippen LogP contribution in [0.15, 0.2) is 115 Å². The van der Waals surface area contributed by atoms with E-state index < -0.39 is 17.8 Å². The molecule has 54 heavy (non-hydrogen) atoms. The second-order valence-electron chi connectivity index (χ2n) is 14.3. The molecule has 0 saturated carbocycles. The number of hydrogen-bond acceptors (Lipinski definition) is 6. The normalized spacial score (nSPS) is 18.7. The molecule has 3 heterocycles. The molecule has 3 aliphatic rings. The van der Waals surface area contributed by atoms with E-state index in [0.717, 1.165) is 47.5 Å². The minimum atomic E-state index is -0.768. The number of barbiturate groups is 1. The molecule has 0 spiro atoms. The summed E-state index contributed by atoms with van der Waals surface area (Å²) >= 11 is 0. The molecule has 0 unspecified atom stereocenters. The van der Waals surface area contributed by atoms with Crippen molar-refractivity contribution in [3.05, 3.63) is 159 Å². The predicted octanol–water partition coefficient (Wildman–Crippen LogP) is 8.83. The maximum Gasteiger partial charge on any atom is 0.335 e. The molecule has 2 atom stereocenters. The molecule has 1 fully saturated rings. The molecule has 0 radical (unpaired) electrons. The molecule has 8 heteroatoms. The number of ether oxygens (including phenoxy) is 2. The van der Waals surface area contributed by atoms with E-state index in [1.807, 2.05) is 37.3 Å². The molecule has 4 amide bonds. The summed E-state index contributed by atoms with van der Waals surface area (Å²) in [6, 6.07) is 35.5. The van der Waals surface area contributed by atoms with E-state index in [9.17, 15) is 14.4 Å². The Hall–Kier alpha value is -6.15. The fraction of sp³-hybridized carbons (Fsp3) is 0.239. The van der Waals surface area contributed by atoms with E-state index in [1.54, 1.807) is 18.2 Å². The predicted molar refractivity (Wildman–Crippen MR) is 211 cm³/mol. The topological polar surface area (TPSA) is 88.2 Å². The number of aryl methyl sites for hydroxylation is 2. The second-order valence-corrected chi connectivity index (χ2v) is 14.3. The molecule has 3 aliphatic heterocycles. The molecule has 8 rings (SSSR count). The minimum Gasteiger partial charge on any atom is -0.490 e. The summed E-state index contributed by atoms with van der Waals surface area (Å²) in [4.78, 5) is 45.0. The Morgan fingerprint density at radius 3 is 1.98 bits per heavy atom. The van der Waals surface area contributed by atoms with Crippen LogP contribution in [0, 0.1) is 13.8 Å². The van der Waals surface area contributed by atoms with Gasteiger partial charge in [0, 0.05) is 30.6 Å². The number of rotatable bonds is 9. The average molecular weight is 718 g/mol. The molecule has 1 N–H and O–H groups in total. The molecule has 8 nitrogen and oxygen atoms in total. The van der Waals surface area contributed by atoms with Crippen LogP contribution in [0.2, 0.25) is 0 Å². The molecule has 272 valence electrons. The van der Waals surface area contributed by atoms with E-state index >= 15 is 0 Å². The molecule has 0 aliphatic carbocycles. The highest BCUT2D eigenvalue weighted by Crippen LogP contribution is 2.50. The Labute approximate surface area is 316 Å². The van der Waals surface area contributed by atoms with Crippen LogP contribution in [-0.2, 0) is 16.2 Å². The van der Waals surface area contributed by atoms with Crippen molar-refractivity contribution in [2.45, 2.75) is 52.1 Å². The number of amides is 4. The third-order valence-corrected chi connectivity index (χ3v) is 10.9. The summed E-state index contributed by atoms with van der Waals surface area (Å²) in [5, 5.41) is 2.45. The van der Waals surface area contributed by atoms with Gasteiger partial charge in [-0.15, -0.1) is 0 Å². The van der Waals surface area contributed by atoms with Crippen LogP contribution in [0.5, 0.6) is 11.5 Å². The number of nitrogens with zero attached hydrogens (tertiary/aromatic N) is 2. The third-order valence-electron chi connectivity index (χ3n) is 10.9. The van der Waals surface area contributed by atoms with Gasteiger partial charge in [0.05, 0.1) is 12.3 Å². The number of nitrogens with one attached hydrogen (secondary N) is 1. The highest BCUT2D eigenvalue weighted by atomic mass is 16.5. The van der Waals surface area contributed by atoms with Gasteiger partial charge >= 0.3 is 6.03 Å². The Balaban J connectivity index is 1.17. The van der Waals surface area contributed by atoms with Crippen LogP contribution < -0.4 is 24.6 Å². The van der Waals surface area contributed by atoms with Crippen molar-refractivity contribution < 1.29 is 23.9 Å². The van der Waals surface area contributed by atoms with Crippen LogP contribution in [0.3, 0.4) is 0 Å². The summed E-state index contributed by atoms with van der Waals surface area (Å²) in [7, 11) is 0. The summed E-state index contributed by atoms with van der Waals surface area (Å²) in [6.07, 6.45) is 3.33. The van der Waals surface area contributed by atoms with Crippen molar-refractivity contribution in [3.8, 4) is 11.5 Å². The average Bonchev–Trinajstić information content (AvgIpc) is 3.18. The van der Waals surface area contributed by atoms with Gasteiger partial charge in [-0.05, 0) is 108 Å². The fourth-order valence-electron chi connectivity index (χ4n) is 8.08. The summed E-state index contributed by atoms with van der Waals surface area (Å²) in [5.74, 6) is -0.226. The first kappa shape index (κ1) is 34.9. The van der Waals surface area contributed by atoms with Crippen molar-refractivity contribution in [1.82, 2.24) is 5.32 Å². The molecule has 0 bridgehead atoms. The second kappa shape index (κ2) is 14.7. The van der Waals surface area contributed by atoms with Gasteiger partial charge in [-0.1, -0.05) is 84.9 Å². The van der Waals surface area contributed by atoms with E-state index in [2.05, 4.69) is 84.7 Å². The maximum absolute atomic E-state index is 14.4. The highest BCUT2D eigenvalue weighted by Gasteiger charge is 2.40. The number of benzene rings is 5. The van der Waals surface area contributed by atoms with E-state index in [4.69, 9.17) is 9.47 Å². The van der Waals surface area contributed by atoms with E-state index in [-0.39, 0.29) is 17.4 Å². The number of hydrogen-bond donors (Lipinski definition) is 1. The summed E-state index contributed by atoms with van der Waals surface area (Å²) in [5.41, 5.74) is 10.0. The monoisotopic (exact) mass is 717 g/mol. The molecule has 5 aromatic carbocycles. The van der Waals surface area contributed by atoms with E-state index in [0.29, 0.717) is 36.0 Å². The van der Waals surface area contributed by atoms with Crippen molar-refractivity contribution >= 4 is 35.3 Å². The standard InChI is InChI=1S/C46H43N3O5/c1-4-53-42-25-31(17-18-41(42)54-28-32-16-15-29(2)30(3)23-32)24-40-44(50)47-46(52)49(45(40)51)35-26-38-36(33-11-7-5-8-12-33)19-21-48-22-20-37(39(27-35)43(38)48)34-13-9-6-10-14-34/h5-18,23-27,36-37H,4,19-22,28H2,1-3H3,(H,47,50,52)/b40-24+/t36-,37+. The number of carbonyl (C=O) groups excluding carboxylic acids is 3. The lowest BCUT2D eigenvalue weighted by Crippen LogP contribution is -2.54. The van der Waals surface area contributed by atoms with Crippen molar-refractivity contribution in [2.24, 2.45) is 0 Å². The zero-order valence-corrected chi connectivity index (χ0v) is 30.8.